The molecule has 0 fully saturated rings. The Bertz CT molecular complexity index is 517. The second-order valence-corrected chi connectivity index (χ2v) is 3.41. The lowest BCUT2D eigenvalue weighted by molar-refractivity contribution is 0.0590. The van der Waals surface area contributed by atoms with Crippen LogP contribution in [0.25, 0.3) is 5.69 Å². The molecule has 0 N–H and O–H groups in total. The molecule has 82 valence electrons. The maximum atomic E-state index is 11.5. The molecule has 0 aliphatic rings. The Morgan fingerprint density at radius 3 is 2.75 bits per heavy atom. The fourth-order valence-corrected chi connectivity index (χ4v) is 1.56. The number of rotatable bonds is 2. The lowest BCUT2D eigenvalue weighted by Crippen LogP contribution is -2.11. The molecule has 2 aromatic rings. The van der Waals surface area contributed by atoms with Crippen molar-refractivity contribution in [2.24, 2.45) is 0 Å². The minimum absolute atomic E-state index is 0.388. The van der Waals surface area contributed by atoms with Gasteiger partial charge in [-0.3, -0.25) is 0 Å². The Morgan fingerprint density at radius 1 is 1.31 bits per heavy atom. The van der Waals surface area contributed by atoms with Gasteiger partial charge < -0.3 is 4.74 Å². The third kappa shape index (κ3) is 1.69. The Kier molecular flexibility index (Phi) is 2.72. The molecule has 1 aromatic heterocycles. The van der Waals surface area contributed by atoms with E-state index >= 15 is 0 Å². The smallest absolute Gasteiger partial charge is 0.356 e. The standard InChI is InChI=1S/C12H12N2O2/c1-9-5-3-4-6-10(9)14-11(7-8-13-14)12(15)16-2/h3-8H,1-2H3. The zero-order valence-electron chi connectivity index (χ0n) is 9.18. The van der Waals surface area contributed by atoms with Gasteiger partial charge in [0.15, 0.2) is 5.69 Å². The molecular formula is C12H12N2O2. The molecule has 0 radical (unpaired) electrons. The molecule has 0 unspecified atom stereocenters. The first-order valence-electron chi connectivity index (χ1n) is 4.92. The second-order valence-electron chi connectivity index (χ2n) is 3.41. The molecule has 0 saturated carbocycles. The molecule has 1 heterocycles. The third-order valence-electron chi connectivity index (χ3n) is 2.38. The van der Waals surface area contributed by atoms with E-state index in [1.807, 2.05) is 31.2 Å². The van der Waals surface area contributed by atoms with Crippen LogP contribution in [0, 0.1) is 6.92 Å². The number of aromatic nitrogens is 2. The quantitative estimate of drug-likeness (QED) is 0.721. The predicted molar refractivity (Wildman–Crippen MR) is 59.6 cm³/mol. The normalized spacial score (nSPS) is 10.1. The van der Waals surface area contributed by atoms with Crippen molar-refractivity contribution in [2.75, 3.05) is 7.11 Å². The summed E-state index contributed by atoms with van der Waals surface area (Å²) in [7, 11) is 1.36. The minimum Gasteiger partial charge on any atom is -0.464 e. The highest BCUT2D eigenvalue weighted by molar-refractivity contribution is 5.88. The van der Waals surface area contributed by atoms with E-state index in [4.69, 9.17) is 4.74 Å². The van der Waals surface area contributed by atoms with Gasteiger partial charge in [-0.05, 0) is 24.6 Å². The van der Waals surface area contributed by atoms with Gasteiger partial charge in [0.05, 0.1) is 19.0 Å². The van der Waals surface area contributed by atoms with Gasteiger partial charge in [-0.15, -0.1) is 0 Å². The van der Waals surface area contributed by atoms with Crippen LogP contribution in [-0.2, 0) is 4.74 Å². The van der Waals surface area contributed by atoms with E-state index < -0.39 is 0 Å². The van der Waals surface area contributed by atoms with E-state index in [-0.39, 0.29) is 5.97 Å². The average molecular weight is 216 g/mol. The van der Waals surface area contributed by atoms with Crippen molar-refractivity contribution in [2.45, 2.75) is 6.92 Å². The largest absolute Gasteiger partial charge is 0.464 e. The summed E-state index contributed by atoms with van der Waals surface area (Å²) >= 11 is 0. The molecule has 0 aliphatic carbocycles. The topological polar surface area (TPSA) is 44.1 Å². The van der Waals surface area contributed by atoms with Gasteiger partial charge >= 0.3 is 5.97 Å². The number of hydrogen-bond donors (Lipinski definition) is 0. The van der Waals surface area contributed by atoms with Crippen molar-refractivity contribution in [1.82, 2.24) is 9.78 Å². The minimum atomic E-state index is -0.388. The van der Waals surface area contributed by atoms with Crippen molar-refractivity contribution in [3.05, 3.63) is 47.8 Å². The molecule has 2 rings (SSSR count). The van der Waals surface area contributed by atoms with Gasteiger partial charge in [0, 0.05) is 0 Å². The fraction of sp³-hybridized carbons (Fsp3) is 0.167. The van der Waals surface area contributed by atoms with E-state index in [1.54, 1.807) is 16.9 Å². The van der Waals surface area contributed by atoms with E-state index in [1.165, 1.54) is 7.11 Å². The maximum Gasteiger partial charge on any atom is 0.356 e. The molecule has 0 bridgehead atoms. The summed E-state index contributed by atoms with van der Waals surface area (Å²) in [6.07, 6.45) is 1.58. The summed E-state index contributed by atoms with van der Waals surface area (Å²) in [5, 5.41) is 4.13. The molecule has 0 atom stereocenters. The fourth-order valence-electron chi connectivity index (χ4n) is 1.56. The molecule has 0 saturated heterocycles. The number of aryl methyl sites for hydroxylation is 1. The summed E-state index contributed by atoms with van der Waals surface area (Å²) in [5.41, 5.74) is 2.36. The SMILES string of the molecule is COC(=O)c1ccnn1-c1ccccc1C. The number of ether oxygens (including phenoxy) is 1. The Balaban J connectivity index is 2.53. The number of carbonyl (C=O) groups excluding carboxylic acids is 1. The van der Waals surface area contributed by atoms with Gasteiger partial charge in [-0.2, -0.15) is 5.10 Å². The Hall–Kier alpha value is -2.10. The summed E-state index contributed by atoms with van der Waals surface area (Å²) in [6.45, 7) is 1.97. The van der Waals surface area contributed by atoms with E-state index in [0.717, 1.165) is 11.3 Å². The summed E-state index contributed by atoms with van der Waals surface area (Å²) < 4.78 is 6.28. The monoisotopic (exact) mass is 216 g/mol. The average Bonchev–Trinajstić information content (AvgIpc) is 2.77. The summed E-state index contributed by atoms with van der Waals surface area (Å²) in [5.74, 6) is -0.388. The first kappa shape index (κ1) is 10.4. The third-order valence-corrected chi connectivity index (χ3v) is 2.38. The van der Waals surface area contributed by atoms with Crippen LogP contribution in [0.15, 0.2) is 36.5 Å². The van der Waals surface area contributed by atoms with Crippen molar-refractivity contribution in [3.63, 3.8) is 0 Å². The zero-order valence-corrected chi connectivity index (χ0v) is 9.18. The van der Waals surface area contributed by atoms with Crippen LogP contribution in [0.1, 0.15) is 16.1 Å². The van der Waals surface area contributed by atoms with Crippen LogP contribution in [0.4, 0.5) is 0 Å². The van der Waals surface area contributed by atoms with Crippen LogP contribution in [0.5, 0.6) is 0 Å². The molecule has 1 aromatic carbocycles. The van der Waals surface area contributed by atoms with Crippen molar-refractivity contribution in [1.29, 1.82) is 0 Å². The molecule has 4 nitrogen and oxygen atoms in total. The van der Waals surface area contributed by atoms with Gasteiger partial charge in [0.2, 0.25) is 0 Å². The van der Waals surface area contributed by atoms with Crippen molar-refractivity contribution in [3.8, 4) is 5.69 Å². The number of para-hydroxylation sites is 1. The molecule has 0 aliphatic heterocycles. The molecule has 4 heteroatoms. The second kappa shape index (κ2) is 4.18. The zero-order chi connectivity index (χ0) is 11.5. The molecule has 16 heavy (non-hydrogen) atoms. The number of nitrogens with zero attached hydrogens (tertiary/aromatic N) is 2. The van der Waals surface area contributed by atoms with Crippen LogP contribution < -0.4 is 0 Å². The summed E-state index contributed by atoms with van der Waals surface area (Å²) in [6, 6.07) is 9.37. The van der Waals surface area contributed by atoms with E-state index in [2.05, 4.69) is 5.10 Å². The lowest BCUT2D eigenvalue weighted by Gasteiger charge is -2.08. The Morgan fingerprint density at radius 2 is 2.06 bits per heavy atom. The van der Waals surface area contributed by atoms with Crippen molar-refractivity contribution >= 4 is 5.97 Å². The van der Waals surface area contributed by atoms with Crippen LogP contribution in [-0.4, -0.2) is 22.9 Å². The number of carbonyl (C=O) groups is 1. The van der Waals surface area contributed by atoms with Gasteiger partial charge in [-0.25, -0.2) is 9.48 Å². The van der Waals surface area contributed by atoms with Gasteiger partial charge in [0.1, 0.15) is 0 Å². The molecule has 0 amide bonds. The van der Waals surface area contributed by atoms with Crippen molar-refractivity contribution < 1.29 is 9.53 Å². The van der Waals surface area contributed by atoms with Crippen LogP contribution in [0.3, 0.4) is 0 Å². The molecular weight excluding hydrogens is 204 g/mol. The lowest BCUT2D eigenvalue weighted by atomic mass is 10.2. The van der Waals surface area contributed by atoms with E-state index in [9.17, 15) is 4.79 Å². The van der Waals surface area contributed by atoms with Gasteiger partial charge in [-0.1, -0.05) is 18.2 Å². The highest BCUT2D eigenvalue weighted by Gasteiger charge is 2.14. The first-order chi connectivity index (χ1) is 7.74. The van der Waals surface area contributed by atoms with Crippen LogP contribution >= 0.6 is 0 Å². The highest BCUT2D eigenvalue weighted by Crippen LogP contribution is 2.15. The Labute approximate surface area is 93.5 Å². The predicted octanol–water partition coefficient (Wildman–Crippen LogP) is 1.97. The number of esters is 1. The highest BCUT2D eigenvalue weighted by atomic mass is 16.5. The number of benzene rings is 1. The van der Waals surface area contributed by atoms with E-state index in [0.29, 0.717) is 5.69 Å². The molecule has 0 spiro atoms. The first-order valence-corrected chi connectivity index (χ1v) is 4.92. The van der Waals surface area contributed by atoms with Crippen LogP contribution in [0.2, 0.25) is 0 Å². The maximum absolute atomic E-state index is 11.5. The van der Waals surface area contributed by atoms with Gasteiger partial charge in [0.25, 0.3) is 0 Å². The number of methoxy groups -OCH3 is 1. The number of hydrogen-bond acceptors (Lipinski definition) is 3. The summed E-state index contributed by atoms with van der Waals surface area (Å²) in [4.78, 5) is 11.5.